The number of anilines is 1. The normalized spacial score (nSPS) is 11.6. The number of nitrogens with one attached hydrogen (secondary N) is 1. The molecule has 1 aromatic rings. The van der Waals surface area contributed by atoms with Crippen LogP contribution in [-0.4, -0.2) is 25.2 Å². The molecule has 1 heterocycles. The second kappa shape index (κ2) is 6.43. The number of hydrogen-bond acceptors (Lipinski definition) is 3. The number of ether oxygens (including phenoxy) is 1. The van der Waals surface area contributed by atoms with Gasteiger partial charge in [0.2, 0.25) is 0 Å². The molecule has 17 heavy (non-hydrogen) atoms. The Balaban J connectivity index is 2.54. The lowest BCUT2D eigenvalue weighted by Gasteiger charge is -2.25. The van der Waals surface area contributed by atoms with E-state index in [1.807, 2.05) is 0 Å². The van der Waals surface area contributed by atoms with Gasteiger partial charge in [-0.25, -0.2) is 4.98 Å². The van der Waals surface area contributed by atoms with Crippen LogP contribution < -0.4 is 5.32 Å². The lowest BCUT2D eigenvalue weighted by molar-refractivity contribution is 0.157. The van der Waals surface area contributed by atoms with Gasteiger partial charge in [-0.1, -0.05) is 37.0 Å². The predicted octanol–water partition coefficient (Wildman–Crippen LogP) is 3.86. The monoisotopic (exact) mass is 276 g/mol. The smallest absolute Gasteiger partial charge is 0.144 e. The second-order valence-electron chi connectivity index (χ2n) is 4.74. The van der Waals surface area contributed by atoms with Crippen LogP contribution in [0, 0.1) is 5.41 Å². The number of rotatable bonds is 6. The van der Waals surface area contributed by atoms with Crippen LogP contribution in [0.3, 0.4) is 0 Å². The van der Waals surface area contributed by atoms with Gasteiger partial charge in [0.1, 0.15) is 5.82 Å². The van der Waals surface area contributed by atoms with E-state index in [4.69, 9.17) is 27.9 Å². The Hall–Kier alpha value is -0.510. The van der Waals surface area contributed by atoms with Gasteiger partial charge in [-0.05, 0) is 17.9 Å². The molecule has 0 saturated carbocycles. The van der Waals surface area contributed by atoms with E-state index in [0.29, 0.717) is 15.9 Å². The van der Waals surface area contributed by atoms with E-state index in [9.17, 15) is 0 Å². The molecule has 3 nitrogen and oxygen atoms in total. The van der Waals surface area contributed by atoms with Crippen LogP contribution in [0.25, 0.3) is 0 Å². The molecule has 0 aliphatic rings. The summed E-state index contributed by atoms with van der Waals surface area (Å²) in [4.78, 5) is 4.15. The topological polar surface area (TPSA) is 34.1 Å². The standard InChI is InChI=1S/C12H18Cl2N2O/c1-12(2,4-5-17-3)8-16-11-10(14)6-9(13)7-15-11/h6-7H,4-5,8H2,1-3H3,(H,15,16). The third-order valence-corrected chi connectivity index (χ3v) is 3.02. The van der Waals surface area contributed by atoms with E-state index in [0.717, 1.165) is 19.6 Å². The zero-order valence-electron chi connectivity index (χ0n) is 10.4. The molecule has 0 unspecified atom stereocenters. The molecular weight excluding hydrogens is 259 g/mol. The summed E-state index contributed by atoms with van der Waals surface area (Å²) in [5.41, 5.74) is 0.126. The average Bonchev–Trinajstić information content (AvgIpc) is 2.25. The minimum Gasteiger partial charge on any atom is -0.385 e. The summed E-state index contributed by atoms with van der Waals surface area (Å²) < 4.78 is 5.08. The van der Waals surface area contributed by atoms with Gasteiger partial charge < -0.3 is 10.1 Å². The molecule has 1 rings (SSSR count). The molecule has 1 aromatic heterocycles. The van der Waals surface area contributed by atoms with E-state index in [1.54, 1.807) is 19.4 Å². The van der Waals surface area contributed by atoms with Crippen molar-refractivity contribution >= 4 is 29.0 Å². The first kappa shape index (κ1) is 14.6. The highest BCUT2D eigenvalue weighted by Crippen LogP contribution is 2.25. The summed E-state index contributed by atoms with van der Waals surface area (Å²) in [6.45, 7) is 5.87. The van der Waals surface area contributed by atoms with Gasteiger partial charge in [0, 0.05) is 26.5 Å². The molecule has 0 radical (unpaired) electrons. The van der Waals surface area contributed by atoms with Crippen molar-refractivity contribution in [1.82, 2.24) is 4.98 Å². The molecule has 0 aromatic carbocycles. The minimum absolute atomic E-state index is 0.126. The summed E-state index contributed by atoms with van der Waals surface area (Å²) in [5.74, 6) is 0.668. The molecule has 0 spiro atoms. The molecule has 0 atom stereocenters. The first-order valence-corrected chi connectivity index (χ1v) is 6.24. The van der Waals surface area contributed by atoms with Gasteiger partial charge in [-0.2, -0.15) is 0 Å². The third-order valence-electron chi connectivity index (χ3n) is 2.53. The molecule has 0 aliphatic carbocycles. The third kappa shape index (κ3) is 5.11. The maximum Gasteiger partial charge on any atom is 0.144 e. The highest BCUT2D eigenvalue weighted by atomic mass is 35.5. The highest BCUT2D eigenvalue weighted by molar-refractivity contribution is 6.35. The fourth-order valence-corrected chi connectivity index (χ4v) is 1.78. The van der Waals surface area contributed by atoms with Crippen molar-refractivity contribution in [3.8, 4) is 0 Å². The van der Waals surface area contributed by atoms with Gasteiger partial charge in [-0.15, -0.1) is 0 Å². The van der Waals surface area contributed by atoms with Gasteiger partial charge in [0.15, 0.2) is 0 Å². The van der Waals surface area contributed by atoms with E-state index in [2.05, 4.69) is 24.1 Å². The van der Waals surface area contributed by atoms with Crippen LogP contribution >= 0.6 is 23.2 Å². The van der Waals surface area contributed by atoms with Crippen molar-refractivity contribution in [1.29, 1.82) is 0 Å². The lowest BCUT2D eigenvalue weighted by Crippen LogP contribution is -2.25. The number of nitrogens with zero attached hydrogens (tertiary/aromatic N) is 1. The van der Waals surface area contributed by atoms with Gasteiger partial charge in [0.25, 0.3) is 0 Å². The first-order chi connectivity index (χ1) is 7.94. The number of halogens is 2. The predicted molar refractivity (Wildman–Crippen MR) is 73.0 cm³/mol. The summed E-state index contributed by atoms with van der Waals surface area (Å²) in [5, 5.41) is 4.31. The van der Waals surface area contributed by atoms with Crippen molar-refractivity contribution in [2.75, 3.05) is 25.6 Å². The number of methoxy groups -OCH3 is 1. The Morgan fingerprint density at radius 2 is 2.12 bits per heavy atom. The molecule has 96 valence electrons. The fraction of sp³-hybridized carbons (Fsp3) is 0.583. The van der Waals surface area contributed by atoms with Crippen LogP contribution in [0.2, 0.25) is 10.0 Å². The Labute approximate surface area is 112 Å². The maximum atomic E-state index is 6.03. The summed E-state index contributed by atoms with van der Waals surface area (Å²) in [6, 6.07) is 1.68. The fourth-order valence-electron chi connectivity index (χ4n) is 1.33. The number of aromatic nitrogens is 1. The van der Waals surface area contributed by atoms with Crippen LogP contribution in [0.4, 0.5) is 5.82 Å². The van der Waals surface area contributed by atoms with Crippen LogP contribution in [0.5, 0.6) is 0 Å². The van der Waals surface area contributed by atoms with E-state index in [-0.39, 0.29) is 5.41 Å². The van der Waals surface area contributed by atoms with Crippen molar-refractivity contribution in [3.63, 3.8) is 0 Å². The van der Waals surface area contributed by atoms with E-state index < -0.39 is 0 Å². The lowest BCUT2D eigenvalue weighted by atomic mass is 9.90. The average molecular weight is 277 g/mol. The van der Waals surface area contributed by atoms with Crippen LogP contribution in [-0.2, 0) is 4.74 Å². The molecule has 0 fully saturated rings. The van der Waals surface area contributed by atoms with Crippen LogP contribution in [0.15, 0.2) is 12.3 Å². The number of hydrogen-bond donors (Lipinski definition) is 1. The molecule has 1 N–H and O–H groups in total. The summed E-state index contributed by atoms with van der Waals surface area (Å²) >= 11 is 11.8. The Morgan fingerprint density at radius 3 is 2.71 bits per heavy atom. The maximum absolute atomic E-state index is 6.03. The Bertz CT molecular complexity index is 370. The molecule has 0 amide bonds. The molecular formula is C12H18Cl2N2O. The molecule has 5 heteroatoms. The van der Waals surface area contributed by atoms with Gasteiger partial charge in [0.05, 0.1) is 10.0 Å². The zero-order chi connectivity index (χ0) is 12.9. The molecule has 0 bridgehead atoms. The van der Waals surface area contributed by atoms with Crippen molar-refractivity contribution in [2.45, 2.75) is 20.3 Å². The first-order valence-electron chi connectivity index (χ1n) is 5.48. The van der Waals surface area contributed by atoms with E-state index >= 15 is 0 Å². The Kier molecular flexibility index (Phi) is 5.50. The van der Waals surface area contributed by atoms with Crippen LogP contribution in [0.1, 0.15) is 20.3 Å². The number of pyridine rings is 1. The zero-order valence-corrected chi connectivity index (χ0v) is 11.9. The summed E-state index contributed by atoms with van der Waals surface area (Å²) in [6.07, 6.45) is 2.56. The SMILES string of the molecule is COCCC(C)(C)CNc1ncc(Cl)cc1Cl. The Morgan fingerprint density at radius 1 is 1.41 bits per heavy atom. The summed E-state index contributed by atoms with van der Waals surface area (Å²) in [7, 11) is 1.71. The van der Waals surface area contributed by atoms with E-state index in [1.165, 1.54) is 0 Å². The molecule has 0 saturated heterocycles. The highest BCUT2D eigenvalue weighted by Gasteiger charge is 2.18. The van der Waals surface area contributed by atoms with Crippen molar-refractivity contribution in [2.24, 2.45) is 5.41 Å². The minimum atomic E-state index is 0.126. The van der Waals surface area contributed by atoms with Crippen molar-refractivity contribution < 1.29 is 4.74 Å². The quantitative estimate of drug-likeness (QED) is 0.857. The second-order valence-corrected chi connectivity index (χ2v) is 5.59. The van der Waals surface area contributed by atoms with Crippen molar-refractivity contribution in [3.05, 3.63) is 22.3 Å². The molecule has 0 aliphatic heterocycles. The van der Waals surface area contributed by atoms with Gasteiger partial charge in [-0.3, -0.25) is 0 Å². The largest absolute Gasteiger partial charge is 0.385 e. The van der Waals surface area contributed by atoms with Gasteiger partial charge >= 0.3 is 0 Å².